The summed E-state index contributed by atoms with van der Waals surface area (Å²) in [6.45, 7) is 1.96. The Morgan fingerprint density at radius 2 is 1.76 bits per heavy atom. The first-order chi connectivity index (χ1) is 18.4. The third-order valence-corrected chi connectivity index (χ3v) is 6.87. The molecule has 6 rings (SSSR count). The van der Waals surface area contributed by atoms with Crippen molar-refractivity contribution in [3.8, 4) is 11.5 Å². The second-order valence-corrected chi connectivity index (χ2v) is 9.11. The number of para-hydroxylation sites is 1. The van der Waals surface area contributed by atoms with E-state index in [0.717, 1.165) is 22.0 Å². The lowest BCUT2D eigenvalue weighted by molar-refractivity contribution is -0.132. The molecule has 0 radical (unpaired) electrons. The Balaban J connectivity index is 1.60. The lowest BCUT2D eigenvalue weighted by atomic mass is 9.95. The summed E-state index contributed by atoms with van der Waals surface area (Å²) in [4.78, 5) is 39.3. The molecule has 1 fully saturated rings. The van der Waals surface area contributed by atoms with Crippen LogP contribution in [0.5, 0.6) is 11.5 Å². The monoisotopic (exact) mass is 508 g/mol. The minimum absolute atomic E-state index is 0.0522. The van der Waals surface area contributed by atoms with E-state index in [0.29, 0.717) is 28.1 Å². The molecule has 0 bridgehead atoms. The van der Waals surface area contributed by atoms with E-state index >= 15 is 0 Å². The van der Waals surface area contributed by atoms with Crippen molar-refractivity contribution in [3.63, 3.8) is 0 Å². The molecule has 0 spiro atoms. The van der Waals surface area contributed by atoms with Gasteiger partial charge in [0.05, 0.1) is 36.9 Å². The number of aromatic amines is 2. The molecule has 3 heterocycles. The molecule has 5 aromatic rings. The number of fused-ring (bicyclic) bond motifs is 2. The van der Waals surface area contributed by atoms with Crippen LogP contribution >= 0.6 is 0 Å². The van der Waals surface area contributed by atoms with E-state index < -0.39 is 17.7 Å². The van der Waals surface area contributed by atoms with Gasteiger partial charge in [-0.3, -0.25) is 14.5 Å². The quantitative estimate of drug-likeness (QED) is 0.175. The van der Waals surface area contributed by atoms with Crippen LogP contribution in [0.3, 0.4) is 0 Å². The number of anilines is 1. The van der Waals surface area contributed by atoms with Crippen molar-refractivity contribution in [2.24, 2.45) is 0 Å². The zero-order valence-electron chi connectivity index (χ0n) is 20.9. The molecule has 3 N–H and O–H groups in total. The van der Waals surface area contributed by atoms with Crippen molar-refractivity contribution >= 4 is 45.3 Å². The predicted molar refractivity (Wildman–Crippen MR) is 143 cm³/mol. The number of Topliss-reactive ketones (excluding diaryl/α,β-unsaturated/α-hetero) is 1. The van der Waals surface area contributed by atoms with Gasteiger partial charge in [0.15, 0.2) is 11.5 Å². The van der Waals surface area contributed by atoms with E-state index in [2.05, 4.69) is 15.0 Å². The van der Waals surface area contributed by atoms with Crippen LogP contribution in [-0.2, 0) is 9.59 Å². The molecule has 1 aliphatic rings. The second-order valence-electron chi connectivity index (χ2n) is 9.11. The van der Waals surface area contributed by atoms with Crippen LogP contribution in [0.15, 0.2) is 72.4 Å². The number of aryl methyl sites for hydroxylation is 1. The standard InChI is InChI=1S/C29H24N4O5/c1-15-8-10-20-21(12-15)32-29(31-20)33-25(16-9-11-22(37-2)23(13-16)38-3)24(27(35)28(33)36)26(34)18-14-30-19-7-5-4-6-17(18)19/h4-14,25,30,34H,1-3H3,(H,31,32)/b26-24+. The lowest BCUT2D eigenvalue weighted by Crippen LogP contribution is -2.30. The molecule has 1 unspecified atom stereocenters. The first-order valence-corrected chi connectivity index (χ1v) is 12.0. The molecule has 0 saturated carbocycles. The Kier molecular flexibility index (Phi) is 5.41. The number of amides is 1. The van der Waals surface area contributed by atoms with Gasteiger partial charge in [0.25, 0.3) is 5.78 Å². The zero-order valence-corrected chi connectivity index (χ0v) is 20.9. The van der Waals surface area contributed by atoms with Crippen LogP contribution in [0.4, 0.5) is 5.95 Å². The summed E-state index contributed by atoms with van der Waals surface area (Å²) >= 11 is 0. The van der Waals surface area contributed by atoms with Crippen molar-refractivity contribution in [2.45, 2.75) is 13.0 Å². The number of ether oxygens (including phenoxy) is 2. The van der Waals surface area contributed by atoms with Gasteiger partial charge < -0.3 is 24.5 Å². The molecule has 1 aliphatic heterocycles. The molecule has 0 aliphatic carbocycles. The van der Waals surface area contributed by atoms with Crippen molar-refractivity contribution in [1.29, 1.82) is 0 Å². The Bertz CT molecular complexity index is 1780. The summed E-state index contributed by atoms with van der Waals surface area (Å²) in [5.74, 6) is -0.793. The fourth-order valence-corrected chi connectivity index (χ4v) is 5.03. The number of carbonyl (C=O) groups excluding carboxylic acids is 2. The smallest absolute Gasteiger partial charge is 0.302 e. The first kappa shape index (κ1) is 23.4. The molecular formula is C29H24N4O5. The van der Waals surface area contributed by atoms with Crippen LogP contribution in [0.1, 0.15) is 22.7 Å². The number of carbonyl (C=O) groups is 2. The summed E-state index contributed by atoms with van der Waals surface area (Å²) in [5, 5.41) is 12.3. The van der Waals surface area contributed by atoms with Gasteiger partial charge >= 0.3 is 5.91 Å². The number of hydrogen-bond acceptors (Lipinski definition) is 6. The Morgan fingerprint density at radius 3 is 2.55 bits per heavy atom. The number of nitrogens with one attached hydrogen (secondary N) is 2. The van der Waals surface area contributed by atoms with Gasteiger partial charge in [0.1, 0.15) is 5.76 Å². The van der Waals surface area contributed by atoms with E-state index in [9.17, 15) is 14.7 Å². The number of benzene rings is 3. The number of hydrogen-bond donors (Lipinski definition) is 3. The Hall–Kier alpha value is -5.05. The SMILES string of the molecule is COc1ccc(C2/C(=C(\O)c3c[nH]c4ccccc34)C(=O)C(=O)N2c2nc3ccc(C)cc3[nH]2)cc1OC. The molecule has 9 nitrogen and oxygen atoms in total. The van der Waals surface area contributed by atoms with Gasteiger partial charge in [-0.2, -0.15) is 0 Å². The van der Waals surface area contributed by atoms with Crippen LogP contribution in [0.2, 0.25) is 0 Å². The molecule has 38 heavy (non-hydrogen) atoms. The molecule has 9 heteroatoms. The fraction of sp³-hybridized carbons (Fsp3) is 0.138. The summed E-state index contributed by atoms with van der Waals surface area (Å²) < 4.78 is 10.9. The highest BCUT2D eigenvalue weighted by Crippen LogP contribution is 2.44. The third kappa shape index (κ3) is 3.51. The summed E-state index contributed by atoms with van der Waals surface area (Å²) in [6, 6.07) is 17.2. The number of aromatic nitrogens is 3. The van der Waals surface area contributed by atoms with E-state index in [-0.39, 0.29) is 17.3 Å². The molecule has 190 valence electrons. The molecule has 1 amide bonds. The number of aliphatic hydroxyl groups excluding tert-OH is 1. The molecule has 1 atom stereocenters. The third-order valence-electron chi connectivity index (χ3n) is 6.87. The Labute approximate surface area is 217 Å². The average molecular weight is 509 g/mol. The maximum atomic E-state index is 13.6. The minimum Gasteiger partial charge on any atom is -0.507 e. The number of rotatable bonds is 5. The maximum absolute atomic E-state index is 13.6. The van der Waals surface area contributed by atoms with Crippen LogP contribution < -0.4 is 14.4 Å². The van der Waals surface area contributed by atoms with E-state index in [1.807, 2.05) is 49.4 Å². The van der Waals surface area contributed by atoms with Gasteiger partial charge in [-0.05, 0) is 48.4 Å². The van der Waals surface area contributed by atoms with Crippen molar-refractivity contribution in [2.75, 3.05) is 19.1 Å². The average Bonchev–Trinajstić information content (AvgIpc) is 3.62. The highest BCUT2D eigenvalue weighted by atomic mass is 16.5. The molecular weight excluding hydrogens is 484 g/mol. The van der Waals surface area contributed by atoms with Gasteiger partial charge in [0.2, 0.25) is 5.95 Å². The molecule has 2 aromatic heterocycles. The number of imidazole rings is 1. The van der Waals surface area contributed by atoms with Gasteiger partial charge in [-0.1, -0.05) is 30.3 Å². The molecule has 3 aromatic carbocycles. The summed E-state index contributed by atoms with van der Waals surface area (Å²) in [6.07, 6.45) is 1.63. The largest absolute Gasteiger partial charge is 0.507 e. The number of methoxy groups -OCH3 is 2. The highest BCUT2D eigenvalue weighted by molar-refractivity contribution is 6.51. The number of nitrogens with zero attached hydrogens (tertiary/aromatic N) is 2. The van der Waals surface area contributed by atoms with E-state index in [4.69, 9.17) is 9.47 Å². The van der Waals surface area contributed by atoms with E-state index in [1.54, 1.807) is 24.4 Å². The van der Waals surface area contributed by atoms with E-state index in [1.165, 1.54) is 19.1 Å². The second kappa shape index (κ2) is 8.81. The normalized spacial score (nSPS) is 17.0. The number of ketones is 1. The van der Waals surface area contributed by atoms with Gasteiger partial charge in [0, 0.05) is 22.7 Å². The van der Waals surface area contributed by atoms with Gasteiger partial charge in [-0.15, -0.1) is 0 Å². The maximum Gasteiger partial charge on any atom is 0.302 e. The molecule has 1 saturated heterocycles. The van der Waals surface area contributed by atoms with Gasteiger partial charge in [-0.25, -0.2) is 4.98 Å². The van der Waals surface area contributed by atoms with Crippen LogP contribution in [0, 0.1) is 6.92 Å². The summed E-state index contributed by atoms with van der Waals surface area (Å²) in [5.41, 5.74) is 4.09. The summed E-state index contributed by atoms with van der Waals surface area (Å²) in [7, 11) is 3.03. The lowest BCUT2D eigenvalue weighted by Gasteiger charge is -2.23. The Morgan fingerprint density at radius 1 is 0.974 bits per heavy atom. The van der Waals surface area contributed by atoms with Crippen molar-refractivity contribution in [1.82, 2.24) is 15.0 Å². The number of H-pyrrole nitrogens is 2. The van der Waals surface area contributed by atoms with Crippen molar-refractivity contribution < 1.29 is 24.2 Å². The highest BCUT2D eigenvalue weighted by Gasteiger charge is 2.48. The zero-order chi connectivity index (χ0) is 26.6. The topological polar surface area (TPSA) is 121 Å². The fourth-order valence-electron chi connectivity index (χ4n) is 5.03. The minimum atomic E-state index is -0.981. The van der Waals surface area contributed by atoms with Crippen LogP contribution in [0.25, 0.3) is 27.7 Å². The first-order valence-electron chi connectivity index (χ1n) is 12.0. The predicted octanol–water partition coefficient (Wildman–Crippen LogP) is 5.00. The number of aliphatic hydroxyl groups is 1. The van der Waals surface area contributed by atoms with Crippen molar-refractivity contribution in [3.05, 3.63) is 89.1 Å². The van der Waals surface area contributed by atoms with Crippen LogP contribution in [-0.4, -0.2) is 46.0 Å².